The molecule has 0 amide bonds. The lowest BCUT2D eigenvalue weighted by Crippen LogP contribution is -2.05. The first kappa shape index (κ1) is 15.4. The molecule has 0 aromatic heterocycles. The van der Waals surface area contributed by atoms with Crippen LogP contribution in [0.5, 0.6) is 5.75 Å². The van der Waals surface area contributed by atoms with Crippen molar-refractivity contribution in [3.63, 3.8) is 0 Å². The molecule has 1 aromatic rings. The third-order valence-electron chi connectivity index (χ3n) is 2.06. The number of ketones is 1. The van der Waals surface area contributed by atoms with E-state index < -0.39 is 10.3 Å². The molecule has 0 radical (unpaired) electrons. The summed E-state index contributed by atoms with van der Waals surface area (Å²) in [6.07, 6.45) is 0. The Balaban J connectivity index is 3.13. The molecule has 2 nitrogen and oxygen atoms in total. The smallest absolute Gasteiger partial charge is 0.446 e. The summed E-state index contributed by atoms with van der Waals surface area (Å²) in [5, 5.41) is 0. The summed E-state index contributed by atoms with van der Waals surface area (Å²) in [5.74, 6) is 0.168. The fourth-order valence-electron chi connectivity index (χ4n) is 1.33. The fourth-order valence-corrected chi connectivity index (χ4v) is 2.27. The zero-order valence-electron chi connectivity index (χ0n) is 9.55. The number of carbonyl (C=O) groups is 1. The molecule has 0 spiro atoms. The lowest BCUT2D eigenvalue weighted by molar-refractivity contribution is -0.116. The predicted octanol–water partition coefficient (Wildman–Crippen LogP) is 4.33. The van der Waals surface area contributed by atoms with Gasteiger partial charge in [-0.1, -0.05) is 15.9 Å². The number of hydrogen-bond acceptors (Lipinski definition) is 3. The van der Waals surface area contributed by atoms with Gasteiger partial charge in [0.05, 0.1) is 7.11 Å². The van der Waals surface area contributed by atoms with E-state index in [4.69, 9.17) is 4.74 Å². The summed E-state index contributed by atoms with van der Waals surface area (Å²) in [6, 6.07) is 4.03. The first-order valence-corrected chi connectivity index (χ1v) is 6.56. The molecule has 0 N–H and O–H groups in total. The Morgan fingerprint density at radius 3 is 2.50 bits per heavy atom. The Hall–Kier alpha value is -0.690. The second-order valence-electron chi connectivity index (χ2n) is 3.42. The first-order valence-electron chi connectivity index (χ1n) is 4.83. The van der Waals surface area contributed by atoms with Crippen LogP contribution in [0.15, 0.2) is 23.1 Å². The molecule has 1 atom stereocenters. The van der Waals surface area contributed by atoms with Crippen LogP contribution in [0, 0.1) is 0 Å². The van der Waals surface area contributed by atoms with Crippen LogP contribution in [0.2, 0.25) is 0 Å². The van der Waals surface area contributed by atoms with Gasteiger partial charge in [0.15, 0.2) is 0 Å². The molecule has 18 heavy (non-hydrogen) atoms. The highest BCUT2D eigenvalue weighted by atomic mass is 79.9. The lowest BCUT2D eigenvalue weighted by Gasteiger charge is -2.14. The molecule has 0 saturated heterocycles. The molecule has 7 heteroatoms. The Bertz CT molecular complexity index is 448. The van der Waals surface area contributed by atoms with E-state index in [2.05, 4.69) is 15.9 Å². The van der Waals surface area contributed by atoms with Gasteiger partial charge in [-0.3, -0.25) is 4.79 Å². The highest BCUT2D eigenvalue weighted by molar-refractivity contribution is 9.09. The predicted molar refractivity (Wildman–Crippen MR) is 67.3 cm³/mol. The zero-order chi connectivity index (χ0) is 13.9. The molecule has 0 aliphatic heterocycles. The molecular weight excluding hydrogens is 333 g/mol. The molecule has 0 heterocycles. The van der Waals surface area contributed by atoms with E-state index in [1.807, 2.05) is 0 Å². The summed E-state index contributed by atoms with van der Waals surface area (Å²) in [7, 11) is 1.40. The number of ether oxygens (including phenoxy) is 1. The molecule has 1 unspecified atom stereocenters. The zero-order valence-corrected chi connectivity index (χ0v) is 11.9. The van der Waals surface area contributed by atoms with E-state index in [1.54, 1.807) is 0 Å². The molecule has 0 aliphatic carbocycles. The average molecular weight is 343 g/mol. The van der Waals surface area contributed by atoms with Gasteiger partial charge >= 0.3 is 5.51 Å². The standard InChI is InChI=1S/C11H10BrF3O2S/c1-6(16)10(12)8-5-7(18-11(13,14)15)3-4-9(8)17-2/h3-5,10H,1-2H3. The van der Waals surface area contributed by atoms with Gasteiger partial charge in [0.25, 0.3) is 0 Å². The summed E-state index contributed by atoms with van der Waals surface area (Å²) in [6.45, 7) is 1.35. The van der Waals surface area contributed by atoms with Crippen LogP contribution < -0.4 is 4.74 Å². The molecule has 1 rings (SSSR count). The summed E-state index contributed by atoms with van der Waals surface area (Å²) in [5.41, 5.74) is -3.97. The van der Waals surface area contributed by atoms with Crippen molar-refractivity contribution in [1.29, 1.82) is 0 Å². The monoisotopic (exact) mass is 342 g/mol. The molecule has 0 saturated carbocycles. The van der Waals surface area contributed by atoms with Gasteiger partial charge in [0.2, 0.25) is 0 Å². The minimum atomic E-state index is -4.36. The first-order chi connectivity index (χ1) is 8.24. The Morgan fingerprint density at radius 2 is 2.06 bits per heavy atom. The minimum absolute atomic E-state index is 0.0176. The van der Waals surface area contributed by atoms with Gasteiger partial charge in [-0.2, -0.15) is 13.2 Å². The number of carbonyl (C=O) groups excluding carboxylic acids is 1. The number of alkyl halides is 4. The van der Waals surface area contributed by atoms with Crippen LogP contribution in [0.25, 0.3) is 0 Å². The molecule has 0 bridgehead atoms. The Morgan fingerprint density at radius 1 is 1.44 bits per heavy atom. The third-order valence-corrected chi connectivity index (χ3v) is 3.92. The SMILES string of the molecule is COc1ccc(SC(F)(F)F)cc1C(Br)C(C)=O. The highest BCUT2D eigenvalue weighted by Crippen LogP contribution is 2.40. The van der Waals surface area contributed by atoms with Crippen molar-refractivity contribution in [2.45, 2.75) is 22.2 Å². The largest absolute Gasteiger partial charge is 0.496 e. The van der Waals surface area contributed by atoms with Crippen LogP contribution in [-0.2, 0) is 4.79 Å². The molecule has 0 fully saturated rings. The number of halogens is 4. The Kier molecular flexibility index (Phi) is 5.10. The van der Waals surface area contributed by atoms with Crippen molar-refractivity contribution in [2.75, 3.05) is 7.11 Å². The van der Waals surface area contributed by atoms with Crippen LogP contribution >= 0.6 is 27.7 Å². The van der Waals surface area contributed by atoms with Gasteiger partial charge in [-0.15, -0.1) is 0 Å². The number of methoxy groups -OCH3 is 1. The summed E-state index contributed by atoms with van der Waals surface area (Å²) >= 11 is 2.91. The normalized spacial score (nSPS) is 13.2. The van der Waals surface area contributed by atoms with E-state index in [9.17, 15) is 18.0 Å². The van der Waals surface area contributed by atoms with Gasteiger partial charge in [-0.05, 0) is 36.9 Å². The van der Waals surface area contributed by atoms with Crippen LogP contribution in [0.3, 0.4) is 0 Å². The van der Waals surface area contributed by atoms with E-state index in [1.165, 1.54) is 32.2 Å². The second-order valence-corrected chi connectivity index (χ2v) is 5.48. The van der Waals surface area contributed by atoms with Gasteiger partial charge in [-0.25, -0.2) is 0 Å². The molecular formula is C11H10BrF3O2S. The van der Waals surface area contributed by atoms with Gasteiger partial charge in [0.1, 0.15) is 16.4 Å². The number of hydrogen-bond donors (Lipinski definition) is 0. The Labute approximate surface area is 115 Å². The molecule has 0 aliphatic rings. The fraction of sp³-hybridized carbons (Fsp3) is 0.364. The number of Topliss-reactive ketones (excluding diaryl/α,β-unsaturated/α-hetero) is 1. The third kappa shape index (κ3) is 4.20. The minimum Gasteiger partial charge on any atom is -0.496 e. The van der Waals surface area contributed by atoms with Crippen molar-refractivity contribution in [3.05, 3.63) is 23.8 Å². The maximum absolute atomic E-state index is 12.3. The maximum Gasteiger partial charge on any atom is 0.446 e. The highest BCUT2D eigenvalue weighted by Gasteiger charge is 2.30. The number of thioether (sulfide) groups is 1. The van der Waals surface area contributed by atoms with Crippen LogP contribution in [0.1, 0.15) is 17.3 Å². The lowest BCUT2D eigenvalue weighted by atomic mass is 10.1. The van der Waals surface area contributed by atoms with Crippen molar-refractivity contribution in [3.8, 4) is 5.75 Å². The number of rotatable bonds is 4. The molecule has 1 aromatic carbocycles. The van der Waals surface area contributed by atoms with Crippen molar-refractivity contribution < 1.29 is 22.7 Å². The van der Waals surface area contributed by atoms with Gasteiger partial charge in [0, 0.05) is 10.5 Å². The van der Waals surface area contributed by atoms with Crippen LogP contribution in [-0.4, -0.2) is 18.4 Å². The van der Waals surface area contributed by atoms with E-state index >= 15 is 0 Å². The van der Waals surface area contributed by atoms with E-state index in [-0.39, 0.29) is 22.4 Å². The van der Waals surface area contributed by atoms with Crippen molar-refractivity contribution >= 4 is 33.5 Å². The average Bonchev–Trinajstić information content (AvgIpc) is 2.25. The summed E-state index contributed by atoms with van der Waals surface area (Å²) in [4.78, 5) is 10.6. The van der Waals surface area contributed by atoms with E-state index in [0.717, 1.165) is 0 Å². The topological polar surface area (TPSA) is 26.3 Å². The molecule has 100 valence electrons. The van der Waals surface area contributed by atoms with Crippen molar-refractivity contribution in [1.82, 2.24) is 0 Å². The maximum atomic E-state index is 12.3. The number of benzene rings is 1. The van der Waals surface area contributed by atoms with E-state index in [0.29, 0.717) is 11.3 Å². The van der Waals surface area contributed by atoms with Crippen LogP contribution in [0.4, 0.5) is 13.2 Å². The quantitative estimate of drug-likeness (QED) is 0.601. The van der Waals surface area contributed by atoms with Gasteiger partial charge < -0.3 is 4.74 Å². The summed E-state index contributed by atoms with van der Waals surface area (Å²) < 4.78 is 41.8. The second kappa shape index (κ2) is 5.97. The van der Waals surface area contributed by atoms with Crippen molar-refractivity contribution in [2.24, 2.45) is 0 Å².